The molecule has 1 N–H and O–H groups in total. The molecule has 0 unspecified atom stereocenters. The maximum absolute atomic E-state index is 12.7. The van der Waals surface area contributed by atoms with Crippen LogP contribution in [0, 0.1) is 11.3 Å². The lowest BCUT2D eigenvalue weighted by Crippen LogP contribution is -2.13. The Balaban J connectivity index is 1.50. The molecular formula is C24H21N5O4S2. The first-order valence-electron chi connectivity index (χ1n) is 10.6. The van der Waals surface area contributed by atoms with E-state index in [2.05, 4.69) is 20.1 Å². The summed E-state index contributed by atoms with van der Waals surface area (Å²) < 4.78 is 30.8. The molecule has 35 heavy (non-hydrogen) atoms. The molecule has 4 aromatic rings. The number of carbonyl (C=O) groups is 1. The van der Waals surface area contributed by atoms with Gasteiger partial charge in [-0.05, 0) is 30.7 Å². The molecule has 0 fully saturated rings. The quantitative estimate of drug-likeness (QED) is 0.157. The van der Waals surface area contributed by atoms with Gasteiger partial charge in [-0.3, -0.25) is 10.1 Å². The van der Waals surface area contributed by atoms with Crippen molar-refractivity contribution >= 4 is 49.2 Å². The number of anilines is 1. The number of aryl methyl sites for hydroxylation is 1. The first kappa shape index (κ1) is 24.1. The number of nitrogens with zero attached hydrogens (tertiary/aromatic N) is 4. The molecule has 0 aliphatic rings. The third-order valence-electron chi connectivity index (χ3n) is 4.98. The Morgan fingerprint density at radius 3 is 2.63 bits per heavy atom. The van der Waals surface area contributed by atoms with Crippen LogP contribution >= 0.6 is 11.3 Å². The number of ether oxygens (including phenoxy) is 1. The highest BCUT2D eigenvalue weighted by Gasteiger charge is 2.18. The van der Waals surface area contributed by atoms with Gasteiger partial charge >= 0.3 is 0 Å². The van der Waals surface area contributed by atoms with E-state index >= 15 is 0 Å². The van der Waals surface area contributed by atoms with Crippen LogP contribution in [0.25, 0.3) is 17.0 Å². The summed E-state index contributed by atoms with van der Waals surface area (Å²) in [7, 11) is -3.54. The number of benzene rings is 2. The predicted octanol–water partition coefficient (Wildman–Crippen LogP) is 3.91. The summed E-state index contributed by atoms with van der Waals surface area (Å²) in [5.74, 6) is 0.119. The number of para-hydroxylation sites is 2. The molecule has 0 bridgehead atoms. The number of fused-ring (bicyclic) bond motifs is 1. The summed E-state index contributed by atoms with van der Waals surface area (Å²) >= 11 is 0.724. The molecule has 9 nitrogen and oxygen atoms in total. The minimum atomic E-state index is -3.54. The molecule has 11 heteroatoms. The van der Waals surface area contributed by atoms with Crippen LogP contribution in [0.5, 0.6) is 5.75 Å². The minimum absolute atomic E-state index is 0.00239. The molecule has 2 aromatic heterocycles. The van der Waals surface area contributed by atoms with E-state index in [-0.39, 0.29) is 15.0 Å². The Bertz CT molecular complexity index is 1530. The van der Waals surface area contributed by atoms with Crippen LogP contribution in [-0.2, 0) is 21.2 Å². The lowest BCUT2D eigenvalue weighted by atomic mass is 10.1. The number of hydrogen-bond donors (Lipinski definition) is 1. The van der Waals surface area contributed by atoms with Crippen molar-refractivity contribution < 1.29 is 17.9 Å². The summed E-state index contributed by atoms with van der Waals surface area (Å²) in [5, 5.41) is 20.2. The third kappa shape index (κ3) is 5.92. The van der Waals surface area contributed by atoms with Crippen LogP contribution in [0.2, 0.25) is 0 Å². The molecule has 0 spiro atoms. The Morgan fingerprint density at radius 1 is 1.17 bits per heavy atom. The van der Waals surface area contributed by atoms with Gasteiger partial charge in [-0.25, -0.2) is 8.42 Å². The number of rotatable bonds is 9. The van der Waals surface area contributed by atoms with E-state index in [1.165, 1.54) is 6.08 Å². The van der Waals surface area contributed by atoms with Gasteiger partial charge in [-0.1, -0.05) is 47.7 Å². The van der Waals surface area contributed by atoms with Crippen molar-refractivity contribution in [2.24, 2.45) is 0 Å². The lowest BCUT2D eigenvalue weighted by molar-refractivity contribution is -0.112. The standard InChI is InChI=1S/C24H21N5O4S2/c1-35(31,32)24-28-27-23(34-24)26-22(30)17(15-25)14-18-16-29(21-11-6-5-10-20(18)21)12-7-13-33-19-8-3-2-4-9-19/h2-6,8-11,14,16H,7,12-13H2,1H3,(H,26,27,30)/b17-14-. The molecule has 4 rings (SSSR count). The highest BCUT2D eigenvalue weighted by Crippen LogP contribution is 2.25. The number of nitriles is 1. The minimum Gasteiger partial charge on any atom is -0.494 e. The van der Waals surface area contributed by atoms with Gasteiger partial charge in [-0.15, -0.1) is 10.2 Å². The molecule has 0 saturated carbocycles. The molecule has 2 aromatic carbocycles. The zero-order valence-corrected chi connectivity index (χ0v) is 20.3. The number of aromatic nitrogens is 3. The van der Waals surface area contributed by atoms with E-state index in [4.69, 9.17) is 4.74 Å². The van der Waals surface area contributed by atoms with Gasteiger partial charge in [-0.2, -0.15) is 5.26 Å². The third-order valence-corrected chi connectivity index (χ3v) is 7.49. The van der Waals surface area contributed by atoms with Crippen molar-refractivity contribution in [1.82, 2.24) is 14.8 Å². The van der Waals surface area contributed by atoms with Crippen LogP contribution in [0.15, 0.2) is 70.7 Å². The fourth-order valence-electron chi connectivity index (χ4n) is 3.40. The van der Waals surface area contributed by atoms with E-state index in [0.717, 1.165) is 40.7 Å². The molecule has 2 heterocycles. The second kappa shape index (κ2) is 10.5. The van der Waals surface area contributed by atoms with Crippen LogP contribution in [0.4, 0.5) is 5.13 Å². The maximum atomic E-state index is 12.7. The summed E-state index contributed by atoms with van der Waals surface area (Å²) in [5.41, 5.74) is 1.54. The molecule has 0 atom stereocenters. The number of amides is 1. The van der Waals surface area contributed by atoms with Gasteiger partial charge in [0.1, 0.15) is 17.4 Å². The first-order valence-corrected chi connectivity index (χ1v) is 13.3. The van der Waals surface area contributed by atoms with Crippen LogP contribution < -0.4 is 10.1 Å². The van der Waals surface area contributed by atoms with Gasteiger partial charge in [0.2, 0.25) is 19.3 Å². The van der Waals surface area contributed by atoms with Gasteiger partial charge in [0.25, 0.3) is 5.91 Å². The van der Waals surface area contributed by atoms with E-state index < -0.39 is 15.7 Å². The smallest absolute Gasteiger partial charge is 0.268 e. The molecule has 0 aliphatic heterocycles. The number of carbonyl (C=O) groups excluding carboxylic acids is 1. The van der Waals surface area contributed by atoms with Crippen molar-refractivity contribution in [2.75, 3.05) is 18.2 Å². The second-order valence-electron chi connectivity index (χ2n) is 7.58. The second-order valence-corrected chi connectivity index (χ2v) is 10.7. The summed E-state index contributed by atoms with van der Waals surface area (Å²) in [6.07, 6.45) is 5.17. The zero-order valence-electron chi connectivity index (χ0n) is 18.7. The topological polar surface area (TPSA) is 127 Å². The summed E-state index contributed by atoms with van der Waals surface area (Å²) in [4.78, 5) is 12.7. The van der Waals surface area contributed by atoms with Crippen molar-refractivity contribution in [3.05, 3.63) is 71.9 Å². The van der Waals surface area contributed by atoms with Gasteiger partial charge in [0.15, 0.2) is 0 Å². The molecule has 1 amide bonds. The Kier molecular flexibility index (Phi) is 7.24. The van der Waals surface area contributed by atoms with Crippen LogP contribution in [-0.4, -0.2) is 42.0 Å². The average molecular weight is 508 g/mol. The van der Waals surface area contributed by atoms with E-state index in [1.54, 1.807) is 0 Å². The fourth-order valence-corrected chi connectivity index (χ4v) is 4.90. The predicted molar refractivity (Wildman–Crippen MR) is 134 cm³/mol. The van der Waals surface area contributed by atoms with Crippen LogP contribution in [0.1, 0.15) is 12.0 Å². The Labute approximate surface area is 206 Å². The highest BCUT2D eigenvalue weighted by molar-refractivity contribution is 7.92. The van der Waals surface area contributed by atoms with Gasteiger partial charge in [0.05, 0.1) is 6.61 Å². The van der Waals surface area contributed by atoms with Crippen molar-refractivity contribution in [3.63, 3.8) is 0 Å². The normalized spacial score (nSPS) is 11.8. The van der Waals surface area contributed by atoms with E-state index in [0.29, 0.717) is 18.7 Å². The fraction of sp³-hybridized carbons (Fsp3) is 0.167. The highest BCUT2D eigenvalue weighted by atomic mass is 32.2. The van der Waals surface area contributed by atoms with Gasteiger partial charge < -0.3 is 9.30 Å². The van der Waals surface area contributed by atoms with Gasteiger partial charge in [0, 0.05) is 35.5 Å². The molecule has 178 valence electrons. The van der Waals surface area contributed by atoms with Crippen molar-refractivity contribution in [2.45, 2.75) is 17.3 Å². The number of nitrogens with one attached hydrogen (secondary N) is 1. The summed E-state index contributed by atoms with van der Waals surface area (Å²) in [6, 6.07) is 19.2. The lowest BCUT2D eigenvalue weighted by Gasteiger charge is -2.07. The van der Waals surface area contributed by atoms with Crippen molar-refractivity contribution in [3.8, 4) is 11.8 Å². The Morgan fingerprint density at radius 2 is 1.91 bits per heavy atom. The van der Waals surface area contributed by atoms with Crippen LogP contribution in [0.3, 0.4) is 0 Å². The average Bonchev–Trinajstić information content (AvgIpc) is 3.46. The first-order chi connectivity index (χ1) is 16.8. The maximum Gasteiger partial charge on any atom is 0.268 e. The Hall–Kier alpha value is -4.01. The van der Waals surface area contributed by atoms with E-state index in [9.17, 15) is 18.5 Å². The van der Waals surface area contributed by atoms with E-state index in [1.807, 2.05) is 66.9 Å². The molecular weight excluding hydrogens is 486 g/mol. The zero-order chi connectivity index (χ0) is 24.8. The number of sulfone groups is 1. The SMILES string of the molecule is CS(=O)(=O)c1nnc(NC(=O)/C(C#N)=C\c2cn(CCCOc3ccccc3)c3ccccc23)s1. The largest absolute Gasteiger partial charge is 0.494 e. The summed E-state index contributed by atoms with van der Waals surface area (Å²) in [6.45, 7) is 1.24. The molecule has 0 radical (unpaired) electrons. The number of hydrogen-bond acceptors (Lipinski definition) is 8. The molecule has 0 aliphatic carbocycles. The monoisotopic (exact) mass is 507 g/mol. The van der Waals surface area contributed by atoms with Crippen molar-refractivity contribution in [1.29, 1.82) is 5.26 Å². The molecule has 0 saturated heterocycles.